The molecular formula is C14H26Cl2N4O2S. The Balaban J connectivity index is 0.00000242. The molecule has 0 aliphatic carbocycles. The summed E-state index contributed by atoms with van der Waals surface area (Å²) in [6.45, 7) is 10.0. The molecule has 0 spiro atoms. The number of aromatic nitrogens is 1. The van der Waals surface area contributed by atoms with Gasteiger partial charge in [-0.1, -0.05) is 20.8 Å². The summed E-state index contributed by atoms with van der Waals surface area (Å²) in [5.74, 6) is -0.185. The van der Waals surface area contributed by atoms with Crippen LogP contribution in [-0.2, 0) is 16.1 Å². The molecule has 1 fully saturated rings. The van der Waals surface area contributed by atoms with Crippen LogP contribution in [0.2, 0.25) is 0 Å². The third-order valence-corrected chi connectivity index (χ3v) is 4.29. The van der Waals surface area contributed by atoms with Gasteiger partial charge in [-0.2, -0.15) is 0 Å². The molecule has 1 saturated heterocycles. The molecule has 23 heavy (non-hydrogen) atoms. The molecule has 0 radical (unpaired) electrons. The normalized spacial score (nSPS) is 16.9. The second-order valence-corrected chi connectivity index (χ2v) is 7.22. The highest BCUT2D eigenvalue weighted by Crippen LogP contribution is 2.21. The Labute approximate surface area is 154 Å². The fraction of sp³-hybridized carbons (Fsp3) is 0.714. The number of rotatable bonds is 4. The standard InChI is InChI=1S/C14H24N4O2S.2ClH/c1-14(2,3)11(15)12(19)17-13-16-10(9-21-13)8-18-4-6-20-7-5-18;;/h9,11H,4-8,15H2,1-3H3,(H,16,17,19);2*1H/t11-;;/m1../s1. The molecule has 1 atom stereocenters. The van der Waals surface area contributed by atoms with Gasteiger partial charge in [-0.15, -0.1) is 36.2 Å². The van der Waals surface area contributed by atoms with Gasteiger partial charge in [0, 0.05) is 25.0 Å². The molecule has 1 aliphatic heterocycles. The van der Waals surface area contributed by atoms with Crippen molar-refractivity contribution >= 4 is 47.2 Å². The summed E-state index contributed by atoms with van der Waals surface area (Å²) in [5, 5.41) is 5.40. The summed E-state index contributed by atoms with van der Waals surface area (Å²) >= 11 is 1.44. The van der Waals surface area contributed by atoms with E-state index < -0.39 is 6.04 Å². The van der Waals surface area contributed by atoms with Crippen LogP contribution in [0.4, 0.5) is 5.13 Å². The van der Waals surface area contributed by atoms with Crippen LogP contribution in [0, 0.1) is 5.41 Å². The summed E-state index contributed by atoms with van der Waals surface area (Å²) in [5.41, 5.74) is 6.65. The van der Waals surface area contributed by atoms with E-state index in [0.29, 0.717) is 5.13 Å². The molecule has 1 aliphatic rings. The minimum Gasteiger partial charge on any atom is -0.379 e. The lowest BCUT2D eigenvalue weighted by molar-refractivity contribution is -0.119. The number of nitrogens with two attached hydrogens (primary N) is 1. The SMILES string of the molecule is CC(C)(C)[C@H](N)C(=O)Nc1nc(CN2CCOCC2)cs1.Cl.Cl. The van der Waals surface area contributed by atoms with Gasteiger partial charge >= 0.3 is 0 Å². The zero-order chi connectivity index (χ0) is 15.5. The summed E-state index contributed by atoms with van der Waals surface area (Å²) in [6.07, 6.45) is 0. The smallest absolute Gasteiger partial charge is 0.243 e. The van der Waals surface area contributed by atoms with E-state index in [1.807, 2.05) is 26.2 Å². The number of nitrogens with zero attached hydrogens (tertiary/aromatic N) is 2. The highest BCUT2D eigenvalue weighted by atomic mass is 35.5. The fourth-order valence-electron chi connectivity index (χ4n) is 2.00. The number of hydrogen-bond acceptors (Lipinski definition) is 6. The van der Waals surface area contributed by atoms with E-state index in [0.717, 1.165) is 38.5 Å². The summed E-state index contributed by atoms with van der Waals surface area (Å²) in [6, 6.07) is -0.552. The largest absolute Gasteiger partial charge is 0.379 e. The zero-order valence-corrected chi connectivity index (χ0v) is 16.2. The lowest BCUT2D eigenvalue weighted by Crippen LogP contribution is -2.45. The molecule has 1 aromatic rings. The van der Waals surface area contributed by atoms with Gasteiger partial charge in [0.25, 0.3) is 0 Å². The van der Waals surface area contributed by atoms with Crippen LogP contribution in [0.1, 0.15) is 26.5 Å². The molecule has 2 rings (SSSR count). The maximum atomic E-state index is 12.1. The van der Waals surface area contributed by atoms with Crippen molar-refractivity contribution < 1.29 is 9.53 Å². The van der Waals surface area contributed by atoms with Gasteiger partial charge in [0.05, 0.1) is 24.9 Å². The summed E-state index contributed by atoms with van der Waals surface area (Å²) < 4.78 is 5.32. The number of morpholine rings is 1. The lowest BCUT2D eigenvalue weighted by Gasteiger charge is -2.25. The van der Waals surface area contributed by atoms with Gasteiger partial charge in [0.2, 0.25) is 5.91 Å². The molecule has 3 N–H and O–H groups in total. The van der Waals surface area contributed by atoms with Crippen molar-refractivity contribution in [2.75, 3.05) is 31.6 Å². The summed E-state index contributed by atoms with van der Waals surface area (Å²) in [4.78, 5) is 18.8. The van der Waals surface area contributed by atoms with E-state index in [-0.39, 0.29) is 36.1 Å². The number of hydrogen-bond donors (Lipinski definition) is 2. The second-order valence-electron chi connectivity index (χ2n) is 6.37. The quantitative estimate of drug-likeness (QED) is 0.830. The third kappa shape index (κ3) is 6.91. The first kappa shape index (κ1) is 22.6. The first-order valence-electron chi connectivity index (χ1n) is 7.17. The Bertz CT molecular complexity index is 487. The molecule has 1 amide bonds. The molecule has 1 aromatic heterocycles. The molecule has 134 valence electrons. The second kappa shape index (κ2) is 9.76. The predicted octanol–water partition coefficient (Wildman–Crippen LogP) is 2.13. The van der Waals surface area contributed by atoms with E-state index in [2.05, 4.69) is 15.2 Å². The number of amides is 1. The average molecular weight is 385 g/mol. The molecule has 2 heterocycles. The average Bonchev–Trinajstić information content (AvgIpc) is 2.85. The van der Waals surface area contributed by atoms with E-state index in [1.54, 1.807) is 0 Å². The number of nitrogens with one attached hydrogen (secondary N) is 1. The topological polar surface area (TPSA) is 80.5 Å². The van der Waals surface area contributed by atoms with Crippen molar-refractivity contribution in [3.63, 3.8) is 0 Å². The van der Waals surface area contributed by atoms with Crippen LogP contribution >= 0.6 is 36.2 Å². The van der Waals surface area contributed by atoms with Gasteiger partial charge in [-0.05, 0) is 5.41 Å². The highest BCUT2D eigenvalue weighted by molar-refractivity contribution is 7.13. The maximum absolute atomic E-state index is 12.1. The predicted molar refractivity (Wildman–Crippen MR) is 98.8 cm³/mol. The molecule has 0 saturated carbocycles. The molecule has 0 aromatic carbocycles. The minimum absolute atomic E-state index is 0. The number of carbonyl (C=O) groups excluding carboxylic acids is 1. The number of thiazole rings is 1. The number of carbonyl (C=O) groups is 1. The van der Waals surface area contributed by atoms with Crippen LogP contribution in [0.25, 0.3) is 0 Å². The van der Waals surface area contributed by atoms with E-state index >= 15 is 0 Å². The molecule has 9 heteroatoms. The molecule has 6 nitrogen and oxygen atoms in total. The Morgan fingerprint density at radius 1 is 1.43 bits per heavy atom. The van der Waals surface area contributed by atoms with Gasteiger partial charge in [0.1, 0.15) is 0 Å². The van der Waals surface area contributed by atoms with Crippen LogP contribution in [0.3, 0.4) is 0 Å². The molecule has 0 bridgehead atoms. The van der Waals surface area contributed by atoms with Crippen molar-refractivity contribution in [3.05, 3.63) is 11.1 Å². The van der Waals surface area contributed by atoms with Crippen molar-refractivity contribution in [3.8, 4) is 0 Å². The first-order chi connectivity index (χ1) is 9.86. The van der Waals surface area contributed by atoms with Gasteiger partial charge < -0.3 is 15.8 Å². The molecular weight excluding hydrogens is 359 g/mol. The monoisotopic (exact) mass is 384 g/mol. The zero-order valence-electron chi connectivity index (χ0n) is 13.7. The number of halogens is 2. The fourth-order valence-corrected chi connectivity index (χ4v) is 2.71. The van der Waals surface area contributed by atoms with E-state index in [9.17, 15) is 4.79 Å². The van der Waals surface area contributed by atoms with E-state index in [1.165, 1.54) is 11.3 Å². The van der Waals surface area contributed by atoms with Crippen LogP contribution in [-0.4, -0.2) is 48.1 Å². The summed E-state index contributed by atoms with van der Waals surface area (Å²) in [7, 11) is 0. The van der Waals surface area contributed by atoms with Crippen molar-refractivity contribution in [2.24, 2.45) is 11.1 Å². The number of anilines is 1. The van der Waals surface area contributed by atoms with Gasteiger partial charge in [0.15, 0.2) is 5.13 Å². The van der Waals surface area contributed by atoms with Gasteiger partial charge in [-0.25, -0.2) is 4.98 Å². The Hall–Kier alpha value is -0.440. The Morgan fingerprint density at radius 3 is 2.61 bits per heavy atom. The lowest BCUT2D eigenvalue weighted by atomic mass is 9.87. The van der Waals surface area contributed by atoms with Crippen molar-refractivity contribution in [1.29, 1.82) is 0 Å². The van der Waals surface area contributed by atoms with Crippen LogP contribution in [0.5, 0.6) is 0 Å². The van der Waals surface area contributed by atoms with Crippen LogP contribution in [0.15, 0.2) is 5.38 Å². The van der Waals surface area contributed by atoms with Gasteiger partial charge in [-0.3, -0.25) is 9.69 Å². The van der Waals surface area contributed by atoms with Crippen LogP contribution < -0.4 is 11.1 Å². The third-order valence-electron chi connectivity index (χ3n) is 3.49. The first-order valence-corrected chi connectivity index (χ1v) is 8.05. The highest BCUT2D eigenvalue weighted by Gasteiger charge is 2.28. The number of ether oxygens (including phenoxy) is 1. The Kier molecular flexibility index (Phi) is 9.57. The Morgan fingerprint density at radius 2 is 2.04 bits per heavy atom. The van der Waals surface area contributed by atoms with E-state index in [4.69, 9.17) is 10.5 Å². The van der Waals surface area contributed by atoms with Crippen molar-refractivity contribution in [1.82, 2.24) is 9.88 Å². The maximum Gasteiger partial charge on any atom is 0.243 e. The molecule has 0 unspecified atom stereocenters. The minimum atomic E-state index is -0.552. The van der Waals surface area contributed by atoms with Crippen molar-refractivity contribution in [2.45, 2.75) is 33.4 Å².